The van der Waals surface area contributed by atoms with E-state index >= 15 is 0 Å². The maximum absolute atomic E-state index is 14.2. The molecule has 1 N–H and O–H groups in total. The van der Waals surface area contributed by atoms with Gasteiger partial charge in [-0.2, -0.15) is 5.10 Å². The number of carbonyl (C=O) groups is 2. The summed E-state index contributed by atoms with van der Waals surface area (Å²) in [5, 5.41) is 8.16. The number of hydrogen-bond acceptors (Lipinski definition) is 8. The lowest BCUT2D eigenvalue weighted by Crippen LogP contribution is -2.39. The van der Waals surface area contributed by atoms with E-state index in [1.54, 1.807) is 23.2 Å². The van der Waals surface area contributed by atoms with Crippen LogP contribution in [0.2, 0.25) is 0 Å². The smallest absolute Gasteiger partial charge is 0.411 e. The van der Waals surface area contributed by atoms with Gasteiger partial charge in [0.25, 0.3) is 5.91 Å². The summed E-state index contributed by atoms with van der Waals surface area (Å²) in [6.45, 7) is 3.32. The maximum Gasteiger partial charge on any atom is 0.411 e. The SMILES string of the molecule is COC(=O)Nc1ccc(-c2nc(N3CCOCC3)c3cnn(C4CCN(C(=O)c5ccc(F)cc5F)CC4)c3n2)cc1. The minimum Gasteiger partial charge on any atom is -0.453 e. The third-order valence-corrected chi connectivity index (χ3v) is 7.58. The van der Waals surface area contributed by atoms with Gasteiger partial charge in [-0.1, -0.05) is 0 Å². The molecule has 0 unspecified atom stereocenters. The highest BCUT2D eigenvalue weighted by Gasteiger charge is 2.29. The molecule has 4 heterocycles. The van der Waals surface area contributed by atoms with Crippen LogP contribution in [-0.4, -0.2) is 83.2 Å². The van der Waals surface area contributed by atoms with Crippen LogP contribution in [-0.2, 0) is 9.47 Å². The van der Waals surface area contributed by atoms with Crippen molar-refractivity contribution >= 4 is 34.5 Å². The Morgan fingerprint density at radius 1 is 1.00 bits per heavy atom. The van der Waals surface area contributed by atoms with Crippen LogP contribution in [0.4, 0.5) is 25.1 Å². The molecule has 2 fully saturated rings. The first-order valence-corrected chi connectivity index (χ1v) is 13.7. The fourth-order valence-electron chi connectivity index (χ4n) is 5.34. The summed E-state index contributed by atoms with van der Waals surface area (Å²) in [6, 6.07) is 10.1. The number of fused-ring (bicyclic) bond motifs is 1. The van der Waals surface area contributed by atoms with Crippen LogP contribution in [0.5, 0.6) is 0 Å². The Balaban J connectivity index is 1.29. The van der Waals surface area contributed by atoms with Gasteiger partial charge in [0, 0.05) is 43.5 Å². The Morgan fingerprint density at radius 3 is 2.43 bits per heavy atom. The number of hydrogen-bond donors (Lipinski definition) is 1. The first-order valence-electron chi connectivity index (χ1n) is 13.7. The van der Waals surface area contributed by atoms with Crippen molar-refractivity contribution in [2.24, 2.45) is 0 Å². The topological polar surface area (TPSA) is 115 Å². The lowest BCUT2D eigenvalue weighted by atomic mass is 10.0. The zero-order valence-electron chi connectivity index (χ0n) is 22.9. The number of nitrogens with zero attached hydrogens (tertiary/aromatic N) is 6. The van der Waals surface area contributed by atoms with Crippen molar-refractivity contribution in [3.63, 3.8) is 0 Å². The number of anilines is 2. The van der Waals surface area contributed by atoms with Crippen molar-refractivity contribution in [3.05, 3.63) is 65.9 Å². The zero-order chi connectivity index (χ0) is 29.2. The number of rotatable bonds is 5. The van der Waals surface area contributed by atoms with Crippen LogP contribution in [0.1, 0.15) is 29.2 Å². The minimum atomic E-state index is -0.867. The van der Waals surface area contributed by atoms with Gasteiger partial charge in [-0.3, -0.25) is 10.1 Å². The highest BCUT2D eigenvalue weighted by atomic mass is 19.1. The molecule has 2 aliphatic heterocycles. The second kappa shape index (κ2) is 11.7. The van der Waals surface area contributed by atoms with E-state index < -0.39 is 23.6 Å². The number of amides is 2. The van der Waals surface area contributed by atoms with Crippen molar-refractivity contribution in [1.82, 2.24) is 24.6 Å². The summed E-state index contributed by atoms with van der Waals surface area (Å²) < 4.78 is 39.7. The predicted molar refractivity (Wildman–Crippen MR) is 150 cm³/mol. The molecule has 11 nitrogen and oxygen atoms in total. The lowest BCUT2D eigenvalue weighted by molar-refractivity contribution is 0.0686. The molecule has 0 aliphatic carbocycles. The number of nitrogens with one attached hydrogen (secondary N) is 1. The number of aromatic nitrogens is 4. The van der Waals surface area contributed by atoms with Gasteiger partial charge < -0.3 is 19.3 Å². The van der Waals surface area contributed by atoms with Gasteiger partial charge in [0.1, 0.15) is 17.5 Å². The number of halogens is 2. The van der Waals surface area contributed by atoms with Crippen molar-refractivity contribution in [3.8, 4) is 11.4 Å². The van der Waals surface area contributed by atoms with Crippen molar-refractivity contribution in [2.75, 3.05) is 56.7 Å². The number of benzene rings is 2. The molecule has 0 atom stereocenters. The molecule has 6 rings (SSSR count). The molecule has 2 aliphatic rings. The lowest BCUT2D eigenvalue weighted by Gasteiger charge is -2.32. The number of likely N-dealkylation sites (tertiary alicyclic amines) is 1. The van der Waals surface area contributed by atoms with E-state index in [-0.39, 0.29) is 11.6 Å². The van der Waals surface area contributed by atoms with E-state index in [0.29, 0.717) is 69.4 Å². The Bertz CT molecular complexity index is 1610. The quantitative estimate of drug-likeness (QED) is 0.374. The van der Waals surface area contributed by atoms with Crippen LogP contribution in [0, 0.1) is 11.6 Å². The Labute approximate surface area is 240 Å². The molecule has 2 aromatic carbocycles. The average Bonchev–Trinajstić information content (AvgIpc) is 3.45. The molecule has 2 saturated heterocycles. The van der Waals surface area contributed by atoms with Gasteiger partial charge in [-0.05, 0) is 49.2 Å². The monoisotopic (exact) mass is 577 g/mol. The molecule has 13 heteroatoms. The zero-order valence-corrected chi connectivity index (χ0v) is 22.9. The van der Waals surface area contributed by atoms with E-state index in [1.807, 2.05) is 16.8 Å². The normalized spacial score (nSPS) is 16.1. The summed E-state index contributed by atoms with van der Waals surface area (Å²) in [7, 11) is 1.30. The predicted octanol–water partition coefficient (Wildman–Crippen LogP) is 4.26. The van der Waals surface area contributed by atoms with Gasteiger partial charge in [0.05, 0.1) is 43.5 Å². The van der Waals surface area contributed by atoms with Crippen LogP contribution in [0.15, 0.2) is 48.7 Å². The van der Waals surface area contributed by atoms with E-state index in [2.05, 4.69) is 15.0 Å². The van der Waals surface area contributed by atoms with Gasteiger partial charge >= 0.3 is 6.09 Å². The summed E-state index contributed by atoms with van der Waals surface area (Å²) in [6.07, 6.45) is 2.39. The summed E-state index contributed by atoms with van der Waals surface area (Å²) in [5.74, 6) is -0.773. The highest BCUT2D eigenvalue weighted by molar-refractivity contribution is 5.94. The fraction of sp³-hybridized carbons (Fsp3) is 0.345. The van der Waals surface area contributed by atoms with Crippen LogP contribution in [0.3, 0.4) is 0 Å². The van der Waals surface area contributed by atoms with Crippen LogP contribution in [0.25, 0.3) is 22.4 Å². The van der Waals surface area contributed by atoms with Crippen molar-refractivity contribution in [2.45, 2.75) is 18.9 Å². The van der Waals surface area contributed by atoms with E-state index in [0.717, 1.165) is 28.9 Å². The van der Waals surface area contributed by atoms with E-state index in [9.17, 15) is 18.4 Å². The first-order chi connectivity index (χ1) is 20.4. The molecule has 218 valence electrons. The molecular formula is C29H29F2N7O4. The van der Waals surface area contributed by atoms with Gasteiger partial charge in [0.15, 0.2) is 11.5 Å². The second-order valence-corrected chi connectivity index (χ2v) is 10.1. The van der Waals surface area contributed by atoms with Gasteiger partial charge in [-0.15, -0.1) is 0 Å². The van der Waals surface area contributed by atoms with Crippen molar-refractivity contribution in [1.29, 1.82) is 0 Å². The molecule has 0 spiro atoms. The second-order valence-electron chi connectivity index (χ2n) is 10.1. The van der Waals surface area contributed by atoms with Crippen molar-refractivity contribution < 1.29 is 27.8 Å². The first kappa shape index (κ1) is 27.5. The maximum atomic E-state index is 14.2. The number of ether oxygens (including phenoxy) is 2. The minimum absolute atomic E-state index is 0.0449. The summed E-state index contributed by atoms with van der Waals surface area (Å²) >= 11 is 0. The number of methoxy groups -OCH3 is 1. The highest BCUT2D eigenvalue weighted by Crippen LogP contribution is 2.32. The van der Waals surface area contributed by atoms with Crippen LogP contribution >= 0.6 is 0 Å². The van der Waals surface area contributed by atoms with E-state index in [1.165, 1.54) is 13.2 Å². The Hall–Kier alpha value is -4.65. The number of morpholine rings is 1. The van der Waals surface area contributed by atoms with Gasteiger partial charge in [0.2, 0.25) is 0 Å². The third kappa shape index (κ3) is 5.47. The molecular weight excluding hydrogens is 548 g/mol. The molecule has 0 bridgehead atoms. The summed E-state index contributed by atoms with van der Waals surface area (Å²) in [4.78, 5) is 38.1. The molecule has 0 saturated carbocycles. The average molecular weight is 578 g/mol. The Kier molecular flexibility index (Phi) is 7.66. The summed E-state index contributed by atoms with van der Waals surface area (Å²) in [5.41, 5.74) is 1.87. The standard InChI is InChI=1S/C29H29F2N7O4/c1-41-29(40)33-20-5-2-18(3-6-20)25-34-26(36-12-14-42-15-13-36)23-17-32-38(27(23)35-25)21-8-10-37(11-9-21)28(39)22-7-4-19(30)16-24(22)31/h2-7,16-17,21H,8-15H2,1H3,(H,33,40). The number of carbonyl (C=O) groups excluding carboxylic acids is 2. The fourth-order valence-corrected chi connectivity index (χ4v) is 5.34. The van der Waals surface area contributed by atoms with Gasteiger partial charge in [-0.25, -0.2) is 28.2 Å². The molecule has 42 heavy (non-hydrogen) atoms. The molecule has 2 amide bonds. The van der Waals surface area contributed by atoms with E-state index in [4.69, 9.17) is 19.8 Å². The molecule has 2 aromatic heterocycles. The number of piperidine rings is 1. The third-order valence-electron chi connectivity index (χ3n) is 7.58. The largest absolute Gasteiger partial charge is 0.453 e. The Morgan fingerprint density at radius 2 is 1.74 bits per heavy atom. The molecule has 0 radical (unpaired) electrons. The molecule has 4 aromatic rings. The van der Waals surface area contributed by atoms with Crippen LogP contribution < -0.4 is 10.2 Å².